The standard InChI is InChI=1S/C17H24BrNO/c1-12(2)4-5-13(3)19-16(20)17(10-11-17)14-6-8-15(18)9-7-14/h6-9,12-13H,4-5,10-11H2,1-3H3,(H,19,20). The number of halogens is 1. The molecule has 0 aromatic heterocycles. The van der Waals surface area contributed by atoms with Crippen molar-refractivity contribution >= 4 is 21.8 Å². The Bertz CT molecular complexity index is 462. The van der Waals surface area contributed by atoms with Gasteiger partial charge in [-0.25, -0.2) is 0 Å². The maximum absolute atomic E-state index is 12.5. The van der Waals surface area contributed by atoms with Crippen LogP contribution < -0.4 is 5.32 Å². The molecule has 0 heterocycles. The number of benzene rings is 1. The number of hydrogen-bond acceptors (Lipinski definition) is 1. The molecule has 1 fully saturated rings. The fraction of sp³-hybridized carbons (Fsp3) is 0.588. The van der Waals surface area contributed by atoms with E-state index in [1.54, 1.807) is 0 Å². The third kappa shape index (κ3) is 3.63. The van der Waals surface area contributed by atoms with E-state index in [1.807, 2.05) is 12.1 Å². The number of nitrogens with one attached hydrogen (secondary N) is 1. The predicted octanol–water partition coefficient (Wildman–Crippen LogP) is 4.42. The van der Waals surface area contributed by atoms with Crippen molar-refractivity contribution in [2.45, 2.75) is 57.9 Å². The van der Waals surface area contributed by atoms with E-state index < -0.39 is 0 Å². The van der Waals surface area contributed by atoms with Crippen molar-refractivity contribution in [2.75, 3.05) is 0 Å². The summed E-state index contributed by atoms with van der Waals surface area (Å²) in [6.07, 6.45) is 4.15. The second-order valence-corrected chi connectivity index (χ2v) is 7.35. The van der Waals surface area contributed by atoms with Gasteiger partial charge in [-0.05, 0) is 56.2 Å². The molecule has 2 nitrogen and oxygen atoms in total. The van der Waals surface area contributed by atoms with Crippen LogP contribution in [0.25, 0.3) is 0 Å². The van der Waals surface area contributed by atoms with Crippen molar-refractivity contribution in [3.8, 4) is 0 Å². The molecular weight excluding hydrogens is 314 g/mol. The molecule has 1 amide bonds. The van der Waals surface area contributed by atoms with Crippen LogP contribution in [0.15, 0.2) is 28.7 Å². The molecule has 0 spiro atoms. The molecule has 0 bridgehead atoms. The van der Waals surface area contributed by atoms with E-state index in [0.29, 0.717) is 5.92 Å². The lowest BCUT2D eigenvalue weighted by Crippen LogP contribution is -2.40. The minimum atomic E-state index is -0.257. The first-order chi connectivity index (χ1) is 9.44. The van der Waals surface area contributed by atoms with Gasteiger partial charge in [0.05, 0.1) is 5.41 Å². The lowest BCUT2D eigenvalue weighted by Gasteiger charge is -2.20. The van der Waals surface area contributed by atoms with Crippen LogP contribution in [-0.2, 0) is 10.2 Å². The highest BCUT2D eigenvalue weighted by atomic mass is 79.9. The Balaban J connectivity index is 1.96. The number of hydrogen-bond donors (Lipinski definition) is 1. The van der Waals surface area contributed by atoms with Crippen LogP contribution in [0.2, 0.25) is 0 Å². The number of carbonyl (C=O) groups excluding carboxylic acids is 1. The van der Waals surface area contributed by atoms with Crippen LogP contribution in [0, 0.1) is 5.92 Å². The summed E-state index contributed by atoms with van der Waals surface area (Å²) in [5.41, 5.74) is 0.890. The van der Waals surface area contributed by atoms with Crippen molar-refractivity contribution in [1.82, 2.24) is 5.32 Å². The number of rotatable bonds is 6. The maximum atomic E-state index is 12.5. The number of carbonyl (C=O) groups is 1. The van der Waals surface area contributed by atoms with E-state index in [9.17, 15) is 4.79 Å². The van der Waals surface area contributed by atoms with Gasteiger partial charge in [-0.3, -0.25) is 4.79 Å². The molecule has 1 atom stereocenters. The van der Waals surface area contributed by atoms with E-state index in [1.165, 1.54) is 0 Å². The summed E-state index contributed by atoms with van der Waals surface area (Å²) in [5, 5.41) is 3.20. The molecule has 3 heteroatoms. The zero-order valence-electron chi connectivity index (χ0n) is 12.6. The monoisotopic (exact) mass is 337 g/mol. The van der Waals surface area contributed by atoms with E-state index in [-0.39, 0.29) is 17.4 Å². The minimum absolute atomic E-state index is 0.205. The van der Waals surface area contributed by atoms with Crippen molar-refractivity contribution < 1.29 is 4.79 Å². The quantitative estimate of drug-likeness (QED) is 0.817. The fourth-order valence-electron chi connectivity index (χ4n) is 2.56. The van der Waals surface area contributed by atoms with Gasteiger partial charge in [0.25, 0.3) is 0 Å². The smallest absolute Gasteiger partial charge is 0.230 e. The fourth-order valence-corrected chi connectivity index (χ4v) is 2.82. The molecule has 1 N–H and O–H groups in total. The molecule has 1 saturated carbocycles. The summed E-state index contributed by atoms with van der Waals surface area (Å²) >= 11 is 3.44. The average Bonchev–Trinajstić information content (AvgIpc) is 3.18. The molecule has 1 aromatic carbocycles. The highest BCUT2D eigenvalue weighted by molar-refractivity contribution is 9.10. The van der Waals surface area contributed by atoms with Gasteiger partial charge in [0.15, 0.2) is 0 Å². The van der Waals surface area contributed by atoms with Crippen LogP contribution in [-0.4, -0.2) is 11.9 Å². The van der Waals surface area contributed by atoms with Gasteiger partial charge < -0.3 is 5.32 Å². The van der Waals surface area contributed by atoms with Gasteiger partial charge in [0, 0.05) is 10.5 Å². The molecule has 1 aromatic rings. The maximum Gasteiger partial charge on any atom is 0.230 e. The first kappa shape index (κ1) is 15.6. The Morgan fingerprint density at radius 3 is 2.30 bits per heavy atom. The predicted molar refractivity (Wildman–Crippen MR) is 86.7 cm³/mol. The molecular formula is C17H24BrNO. The van der Waals surface area contributed by atoms with Gasteiger partial charge in [0.1, 0.15) is 0 Å². The van der Waals surface area contributed by atoms with Gasteiger partial charge >= 0.3 is 0 Å². The van der Waals surface area contributed by atoms with E-state index >= 15 is 0 Å². The summed E-state index contributed by atoms with van der Waals surface area (Å²) in [5.74, 6) is 0.895. The molecule has 0 saturated heterocycles. The lowest BCUT2D eigenvalue weighted by molar-refractivity contribution is -0.124. The SMILES string of the molecule is CC(C)CCC(C)NC(=O)C1(c2ccc(Br)cc2)CC1. The molecule has 20 heavy (non-hydrogen) atoms. The molecule has 1 aliphatic rings. The van der Waals surface area contributed by atoms with Crippen LogP contribution in [0.3, 0.4) is 0 Å². The number of amides is 1. The van der Waals surface area contributed by atoms with Gasteiger partial charge in [-0.15, -0.1) is 0 Å². The average molecular weight is 338 g/mol. The Labute approximate surface area is 130 Å². The molecule has 110 valence electrons. The molecule has 2 rings (SSSR count). The third-order valence-corrected chi connectivity index (χ3v) is 4.66. The zero-order valence-corrected chi connectivity index (χ0v) is 14.2. The van der Waals surface area contributed by atoms with E-state index in [4.69, 9.17) is 0 Å². The van der Waals surface area contributed by atoms with Crippen molar-refractivity contribution in [3.63, 3.8) is 0 Å². The third-order valence-electron chi connectivity index (χ3n) is 4.14. The van der Waals surface area contributed by atoms with Crippen molar-refractivity contribution in [1.29, 1.82) is 0 Å². The normalized spacial score (nSPS) is 17.9. The Morgan fingerprint density at radius 2 is 1.80 bits per heavy atom. The van der Waals surface area contributed by atoms with E-state index in [0.717, 1.165) is 35.7 Å². The highest BCUT2D eigenvalue weighted by Gasteiger charge is 2.51. The summed E-state index contributed by atoms with van der Waals surface area (Å²) in [6, 6.07) is 8.43. The summed E-state index contributed by atoms with van der Waals surface area (Å²) in [6.45, 7) is 6.55. The highest BCUT2D eigenvalue weighted by Crippen LogP contribution is 2.48. The second kappa shape index (κ2) is 6.30. The second-order valence-electron chi connectivity index (χ2n) is 6.43. The van der Waals surface area contributed by atoms with Gasteiger partial charge in [-0.2, -0.15) is 0 Å². The molecule has 1 aliphatic carbocycles. The zero-order chi connectivity index (χ0) is 14.8. The van der Waals surface area contributed by atoms with Crippen LogP contribution in [0.5, 0.6) is 0 Å². The van der Waals surface area contributed by atoms with Crippen LogP contribution in [0.1, 0.15) is 52.0 Å². The Morgan fingerprint density at radius 1 is 1.20 bits per heavy atom. The van der Waals surface area contributed by atoms with E-state index in [2.05, 4.69) is 54.2 Å². The Hall–Kier alpha value is -0.830. The molecule has 1 unspecified atom stereocenters. The Kier molecular flexibility index (Phi) is 4.90. The van der Waals surface area contributed by atoms with Crippen LogP contribution in [0.4, 0.5) is 0 Å². The lowest BCUT2D eigenvalue weighted by atomic mass is 9.94. The largest absolute Gasteiger partial charge is 0.353 e. The van der Waals surface area contributed by atoms with Gasteiger partial charge in [-0.1, -0.05) is 41.9 Å². The topological polar surface area (TPSA) is 29.1 Å². The summed E-state index contributed by atoms with van der Waals surface area (Å²) < 4.78 is 1.06. The first-order valence-corrected chi connectivity index (χ1v) is 8.30. The van der Waals surface area contributed by atoms with Crippen molar-refractivity contribution in [3.05, 3.63) is 34.3 Å². The molecule has 0 radical (unpaired) electrons. The van der Waals surface area contributed by atoms with Crippen molar-refractivity contribution in [2.24, 2.45) is 5.92 Å². The van der Waals surface area contributed by atoms with Gasteiger partial charge in [0.2, 0.25) is 5.91 Å². The first-order valence-electron chi connectivity index (χ1n) is 7.51. The molecule has 0 aliphatic heterocycles. The van der Waals surface area contributed by atoms with Crippen LogP contribution >= 0.6 is 15.9 Å². The summed E-state index contributed by atoms with van der Waals surface area (Å²) in [7, 11) is 0. The minimum Gasteiger partial charge on any atom is -0.353 e. The summed E-state index contributed by atoms with van der Waals surface area (Å²) in [4.78, 5) is 12.5.